The Hall–Kier alpha value is -1.04. The zero-order valence-electron chi connectivity index (χ0n) is 14.0. The van der Waals surface area contributed by atoms with E-state index in [1.165, 1.54) is 16.7 Å². The zero-order chi connectivity index (χ0) is 15.1. The Morgan fingerprint density at radius 3 is 2.30 bits per heavy atom. The van der Waals surface area contributed by atoms with Crippen LogP contribution < -0.4 is 0 Å². The number of hydrogen-bond donors (Lipinski definition) is 0. The summed E-state index contributed by atoms with van der Waals surface area (Å²) in [6, 6.07) is 0. The van der Waals surface area contributed by atoms with E-state index in [1.54, 1.807) is 11.1 Å². The van der Waals surface area contributed by atoms with Crippen molar-refractivity contribution in [2.75, 3.05) is 0 Å². The van der Waals surface area contributed by atoms with Crippen molar-refractivity contribution in [1.29, 1.82) is 0 Å². The first-order valence-corrected chi connectivity index (χ1v) is 8.07. The normalized spacial score (nSPS) is 23.7. The van der Waals surface area contributed by atoms with Gasteiger partial charge in [-0.1, -0.05) is 80.7 Å². The van der Waals surface area contributed by atoms with Gasteiger partial charge in [0.25, 0.3) is 0 Å². The molecule has 3 radical (unpaired) electrons. The van der Waals surface area contributed by atoms with Crippen LogP contribution in [0.5, 0.6) is 0 Å². The minimum Gasteiger partial charge on any atom is -0.0838 e. The summed E-state index contributed by atoms with van der Waals surface area (Å²) >= 11 is 0. The smallest absolute Gasteiger partial charge is 0.0129 e. The molecule has 0 heteroatoms. The number of rotatable bonds is 0. The Balaban J connectivity index is 0.000000461. The van der Waals surface area contributed by atoms with Crippen LogP contribution in [0.3, 0.4) is 0 Å². The molecule has 0 saturated heterocycles. The van der Waals surface area contributed by atoms with Gasteiger partial charge in [0.15, 0.2) is 0 Å². The molecule has 0 fully saturated rings. The molecule has 0 saturated carbocycles. The standard InChI is InChI=1S/C16H17.2C2H6/c1-11-7-8-14-10-13-5-3-4-6-15(13)12(2)16(14)9-11;2*1-2/h3-5,7-8,10,12H,6,9H2,1-2H3;2*1-2H3. The molecule has 1 unspecified atom stereocenters. The molecular formula is C20H29. The molecule has 1 atom stereocenters. The molecule has 0 aromatic carbocycles. The first kappa shape index (κ1) is 17.0. The van der Waals surface area contributed by atoms with E-state index in [4.69, 9.17) is 0 Å². The monoisotopic (exact) mass is 269 g/mol. The van der Waals surface area contributed by atoms with Gasteiger partial charge in [0.1, 0.15) is 0 Å². The minimum absolute atomic E-state index is 0.621. The summed E-state index contributed by atoms with van der Waals surface area (Å²) in [6.07, 6.45) is 15.9. The number of hydrogen-bond acceptors (Lipinski definition) is 0. The van der Waals surface area contributed by atoms with Gasteiger partial charge in [-0.15, -0.1) is 0 Å². The van der Waals surface area contributed by atoms with Gasteiger partial charge in [-0.25, -0.2) is 0 Å². The topological polar surface area (TPSA) is 0 Å². The van der Waals surface area contributed by atoms with Gasteiger partial charge in [0, 0.05) is 19.3 Å². The fraction of sp³-hybridized carbons (Fsp3) is 0.450. The van der Waals surface area contributed by atoms with Crippen LogP contribution in [0, 0.1) is 25.2 Å². The highest BCUT2D eigenvalue weighted by Gasteiger charge is 2.28. The molecule has 0 aliphatic heterocycles. The second kappa shape index (κ2) is 8.29. The Bertz CT molecular complexity index is 441. The van der Waals surface area contributed by atoms with Gasteiger partial charge < -0.3 is 0 Å². The van der Waals surface area contributed by atoms with Crippen LogP contribution in [0.1, 0.15) is 54.4 Å². The van der Waals surface area contributed by atoms with Crippen LogP contribution in [0.25, 0.3) is 0 Å². The van der Waals surface area contributed by atoms with Crippen molar-refractivity contribution >= 4 is 0 Å². The molecule has 3 rings (SSSR count). The summed E-state index contributed by atoms with van der Waals surface area (Å²) in [5.74, 6) is 0.621. The van der Waals surface area contributed by atoms with E-state index in [0.717, 1.165) is 12.8 Å². The summed E-state index contributed by atoms with van der Waals surface area (Å²) in [5, 5.41) is 0. The minimum atomic E-state index is 0.621. The maximum absolute atomic E-state index is 2.36. The molecule has 0 nitrogen and oxygen atoms in total. The van der Waals surface area contributed by atoms with Crippen LogP contribution in [-0.2, 0) is 0 Å². The molecule has 20 heavy (non-hydrogen) atoms. The third-order valence-electron chi connectivity index (χ3n) is 3.86. The maximum atomic E-state index is 2.36. The zero-order valence-corrected chi connectivity index (χ0v) is 14.0. The summed E-state index contributed by atoms with van der Waals surface area (Å²) in [7, 11) is 0. The molecular weight excluding hydrogens is 240 g/mol. The van der Waals surface area contributed by atoms with Gasteiger partial charge >= 0.3 is 0 Å². The molecule has 0 aromatic rings. The van der Waals surface area contributed by atoms with E-state index in [1.807, 2.05) is 27.7 Å². The van der Waals surface area contributed by atoms with Crippen LogP contribution in [0.2, 0.25) is 0 Å². The average Bonchev–Trinajstić information content (AvgIpc) is 2.52. The Morgan fingerprint density at radius 1 is 0.950 bits per heavy atom. The first-order chi connectivity index (χ1) is 9.75. The third-order valence-corrected chi connectivity index (χ3v) is 3.86. The second-order valence-corrected chi connectivity index (χ2v) is 4.98. The van der Waals surface area contributed by atoms with Crippen LogP contribution in [-0.4, -0.2) is 0 Å². The van der Waals surface area contributed by atoms with E-state index in [-0.39, 0.29) is 0 Å². The molecule has 0 amide bonds. The summed E-state index contributed by atoms with van der Waals surface area (Å²) < 4.78 is 0. The Labute approximate surface area is 126 Å². The van der Waals surface area contributed by atoms with Gasteiger partial charge in [0.2, 0.25) is 0 Å². The maximum Gasteiger partial charge on any atom is 0.0129 e. The predicted octanol–water partition coefficient (Wildman–Crippen LogP) is 6.20. The molecule has 0 N–H and O–H groups in total. The third kappa shape index (κ3) is 3.53. The van der Waals surface area contributed by atoms with Crippen molar-refractivity contribution in [2.24, 2.45) is 5.92 Å². The number of allylic oxidation sites excluding steroid dienone is 8. The molecule has 0 spiro atoms. The molecule has 3 aliphatic carbocycles. The van der Waals surface area contributed by atoms with E-state index in [9.17, 15) is 0 Å². The van der Waals surface area contributed by atoms with Gasteiger partial charge in [-0.3, -0.25) is 0 Å². The summed E-state index contributed by atoms with van der Waals surface area (Å²) in [5.41, 5.74) is 7.59. The lowest BCUT2D eigenvalue weighted by Gasteiger charge is -2.34. The molecule has 109 valence electrons. The largest absolute Gasteiger partial charge is 0.0838 e. The summed E-state index contributed by atoms with van der Waals surface area (Å²) in [6.45, 7) is 12.6. The van der Waals surface area contributed by atoms with Crippen LogP contribution in [0.4, 0.5) is 0 Å². The SMILES string of the molecule is CC.CC.CC1=C[CH]C2=C(C1)C(C)C1=C([CH]C=CC1)[CH]2. The molecule has 0 aromatic heterocycles. The fourth-order valence-corrected chi connectivity index (χ4v) is 2.88. The average molecular weight is 269 g/mol. The summed E-state index contributed by atoms with van der Waals surface area (Å²) in [4.78, 5) is 0. The Kier molecular flexibility index (Phi) is 7.05. The van der Waals surface area contributed by atoms with E-state index in [2.05, 4.69) is 51.3 Å². The lowest BCUT2D eigenvalue weighted by atomic mass is 9.71. The Morgan fingerprint density at radius 2 is 1.60 bits per heavy atom. The molecule has 3 aliphatic rings. The fourth-order valence-electron chi connectivity index (χ4n) is 2.88. The second-order valence-electron chi connectivity index (χ2n) is 4.98. The first-order valence-electron chi connectivity index (χ1n) is 8.07. The highest BCUT2D eigenvalue weighted by molar-refractivity contribution is 5.58. The highest BCUT2D eigenvalue weighted by Crippen LogP contribution is 2.43. The van der Waals surface area contributed by atoms with Crippen molar-refractivity contribution < 1.29 is 0 Å². The van der Waals surface area contributed by atoms with Crippen LogP contribution >= 0.6 is 0 Å². The highest BCUT2D eigenvalue weighted by atomic mass is 14.3. The van der Waals surface area contributed by atoms with Crippen molar-refractivity contribution in [3.8, 4) is 0 Å². The molecule has 0 heterocycles. The van der Waals surface area contributed by atoms with Crippen LogP contribution in [0.15, 0.2) is 46.1 Å². The van der Waals surface area contributed by atoms with E-state index in [0.29, 0.717) is 5.92 Å². The quantitative estimate of drug-likeness (QED) is 0.491. The van der Waals surface area contributed by atoms with Gasteiger partial charge in [0.05, 0.1) is 0 Å². The lowest BCUT2D eigenvalue weighted by Crippen LogP contribution is -2.18. The van der Waals surface area contributed by atoms with Crippen molar-refractivity contribution in [3.63, 3.8) is 0 Å². The van der Waals surface area contributed by atoms with E-state index < -0.39 is 0 Å². The van der Waals surface area contributed by atoms with Gasteiger partial charge in [-0.2, -0.15) is 0 Å². The van der Waals surface area contributed by atoms with Crippen molar-refractivity contribution in [1.82, 2.24) is 0 Å². The lowest BCUT2D eigenvalue weighted by molar-refractivity contribution is 0.708. The van der Waals surface area contributed by atoms with Gasteiger partial charge in [-0.05, 0) is 25.7 Å². The molecule has 0 bridgehead atoms. The predicted molar refractivity (Wildman–Crippen MR) is 90.9 cm³/mol. The van der Waals surface area contributed by atoms with Crippen molar-refractivity contribution in [2.45, 2.75) is 54.4 Å². The van der Waals surface area contributed by atoms with Crippen molar-refractivity contribution in [3.05, 3.63) is 65.4 Å². The van der Waals surface area contributed by atoms with E-state index >= 15 is 0 Å².